The minimum absolute atomic E-state index is 0.192. The lowest BCUT2D eigenvalue weighted by Crippen LogP contribution is -2.22. The Labute approximate surface area is 160 Å². The minimum Gasteiger partial charge on any atom is -0.322 e. The number of nitrogens with zero attached hydrogens (tertiary/aromatic N) is 1. The van der Waals surface area contributed by atoms with E-state index in [4.69, 9.17) is 4.84 Å². The van der Waals surface area contributed by atoms with Crippen molar-refractivity contribution in [2.45, 2.75) is 26.7 Å². The van der Waals surface area contributed by atoms with Gasteiger partial charge in [-0.2, -0.15) is 0 Å². The first-order valence-electron chi connectivity index (χ1n) is 8.83. The number of likely N-dealkylation sites (N-methyl/N-ethyl adjacent to an activating group) is 1. The highest BCUT2D eigenvalue weighted by Crippen LogP contribution is 2.22. The Bertz CT molecular complexity index is 856. The van der Waals surface area contributed by atoms with E-state index in [9.17, 15) is 9.59 Å². The zero-order valence-corrected chi connectivity index (χ0v) is 16.4. The minimum atomic E-state index is -0.284. The molecule has 5 nitrogen and oxygen atoms in total. The van der Waals surface area contributed by atoms with Crippen LogP contribution in [0.2, 0.25) is 0 Å². The molecule has 2 rings (SSSR count). The molecule has 2 aromatic carbocycles. The van der Waals surface area contributed by atoms with Crippen molar-refractivity contribution in [3.05, 3.63) is 70.8 Å². The zero-order valence-electron chi connectivity index (χ0n) is 16.4. The van der Waals surface area contributed by atoms with Crippen molar-refractivity contribution in [2.24, 2.45) is 0 Å². The molecular formula is C22H26N2O3. The second-order valence-corrected chi connectivity index (χ2v) is 6.66. The van der Waals surface area contributed by atoms with Gasteiger partial charge in [0.1, 0.15) is 0 Å². The van der Waals surface area contributed by atoms with Gasteiger partial charge < -0.3 is 5.32 Å². The maximum Gasteiger partial charge on any atom is 0.269 e. The number of aryl methyl sites for hydroxylation is 1. The Balaban J connectivity index is 2.12. The molecule has 0 atom stereocenters. The fraction of sp³-hybridized carbons (Fsp3) is 0.273. The second-order valence-electron chi connectivity index (χ2n) is 6.66. The number of anilines is 1. The summed E-state index contributed by atoms with van der Waals surface area (Å²) < 4.78 is 0. The summed E-state index contributed by atoms with van der Waals surface area (Å²) in [6.45, 7) is 6.34. The number of hydroxylamine groups is 2. The molecule has 5 heteroatoms. The van der Waals surface area contributed by atoms with Crippen molar-refractivity contribution in [2.75, 3.05) is 19.5 Å². The van der Waals surface area contributed by atoms with E-state index in [0.29, 0.717) is 11.5 Å². The first-order valence-corrected chi connectivity index (χ1v) is 8.83. The molecular weight excluding hydrogens is 340 g/mol. The number of nitrogens with one attached hydrogen (secondary N) is 1. The fourth-order valence-corrected chi connectivity index (χ4v) is 2.75. The third-order valence-corrected chi connectivity index (χ3v) is 4.30. The maximum absolute atomic E-state index is 12.6. The molecule has 0 fully saturated rings. The van der Waals surface area contributed by atoms with Crippen LogP contribution in [-0.4, -0.2) is 31.0 Å². The second kappa shape index (κ2) is 9.14. The molecule has 0 spiro atoms. The first kappa shape index (κ1) is 20.4. The van der Waals surface area contributed by atoms with E-state index in [1.165, 1.54) is 25.8 Å². The zero-order chi connectivity index (χ0) is 20.0. The van der Waals surface area contributed by atoms with Gasteiger partial charge in [0.05, 0.1) is 7.11 Å². The van der Waals surface area contributed by atoms with Gasteiger partial charge in [0.2, 0.25) is 0 Å². The van der Waals surface area contributed by atoms with Gasteiger partial charge in [-0.05, 0) is 59.9 Å². The average molecular weight is 366 g/mol. The number of amides is 2. The maximum atomic E-state index is 12.6. The average Bonchev–Trinajstić information content (AvgIpc) is 2.65. The predicted octanol–water partition coefficient (Wildman–Crippen LogP) is 4.40. The number of hydrogen-bond donors (Lipinski definition) is 1. The highest BCUT2D eigenvalue weighted by molar-refractivity contribution is 6.04. The lowest BCUT2D eigenvalue weighted by atomic mass is 9.97. The number of carbonyl (C=O) groups is 2. The Kier molecular flexibility index (Phi) is 6.91. The van der Waals surface area contributed by atoms with E-state index >= 15 is 0 Å². The molecule has 27 heavy (non-hydrogen) atoms. The van der Waals surface area contributed by atoms with E-state index in [2.05, 4.69) is 19.2 Å². The molecule has 0 radical (unpaired) electrons. The van der Waals surface area contributed by atoms with E-state index < -0.39 is 0 Å². The van der Waals surface area contributed by atoms with Gasteiger partial charge in [0.25, 0.3) is 11.8 Å². The van der Waals surface area contributed by atoms with Crippen LogP contribution in [0.3, 0.4) is 0 Å². The van der Waals surface area contributed by atoms with Crippen LogP contribution in [0.4, 0.5) is 5.69 Å². The Morgan fingerprint density at radius 1 is 1.15 bits per heavy atom. The summed E-state index contributed by atoms with van der Waals surface area (Å²) in [5, 5.41) is 4.05. The van der Waals surface area contributed by atoms with Crippen LogP contribution in [-0.2, 0) is 9.63 Å². The number of hydrogen-bond acceptors (Lipinski definition) is 3. The third-order valence-electron chi connectivity index (χ3n) is 4.30. The van der Waals surface area contributed by atoms with Crippen molar-refractivity contribution in [1.82, 2.24) is 5.06 Å². The molecule has 0 heterocycles. The predicted molar refractivity (Wildman–Crippen MR) is 108 cm³/mol. The lowest BCUT2D eigenvalue weighted by Gasteiger charge is -2.12. The summed E-state index contributed by atoms with van der Waals surface area (Å²) in [6.07, 6.45) is 3.05. The van der Waals surface area contributed by atoms with Gasteiger partial charge in [-0.3, -0.25) is 14.4 Å². The monoisotopic (exact) mass is 366 g/mol. The van der Waals surface area contributed by atoms with Crippen LogP contribution in [0.1, 0.15) is 46.8 Å². The standard InChI is InChI=1S/C22H26N2O3/c1-15(2)20-11-10-19(13-16(20)3)23-22(26)18-8-6-7-17(14-18)9-12-21(25)24(4)27-5/h6-15H,1-5H3,(H,23,26). The molecule has 0 aliphatic heterocycles. The summed E-state index contributed by atoms with van der Waals surface area (Å²) >= 11 is 0. The molecule has 0 bridgehead atoms. The molecule has 1 N–H and O–H groups in total. The number of benzene rings is 2. The van der Waals surface area contributed by atoms with Gasteiger partial charge in [0, 0.05) is 24.4 Å². The van der Waals surface area contributed by atoms with Crippen molar-refractivity contribution >= 4 is 23.6 Å². The van der Waals surface area contributed by atoms with Gasteiger partial charge in [-0.1, -0.05) is 32.0 Å². The quantitative estimate of drug-likeness (QED) is 0.609. The van der Waals surface area contributed by atoms with E-state index in [0.717, 1.165) is 21.9 Å². The highest BCUT2D eigenvalue weighted by Gasteiger charge is 2.09. The Morgan fingerprint density at radius 2 is 1.89 bits per heavy atom. The first-order chi connectivity index (χ1) is 12.8. The molecule has 0 saturated heterocycles. The molecule has 0 aliphatic rings. The van der Waals surface area contributed by atoms with Crippen LogP contribution in [0.5, 0.6) is 0 Å². The van der Waals surface area contributed by atoms with E-state index in [1.807, 2.05) is 31.2 Å². The van der Waals surface area contributed by atoms with Crippen LogP contribution in [0.15, 0.2) is 48.5 Å². The SMILES string of the molecule is CON(C)C(=O)C=Cc1cccc(C(=O)Nc2ccc(C(C)C)c(C)c2)c1. The highest BCUT2D eigenvalue weighted by atomic mass is 16.7. The number of rotatable bonds is 6. The van der Waals surface area contributed by atoms with E-state index in [1.54, 1.807) is 24.3 Å². The molecule has 0 saturated carbocycles. The fourth-order valence-electron chi connectivity index (χ4n) is 2.75. The van der Waals surface area contributed by atoms with Crippen LogP contribution in [0, 0.1) is 6.92 Å². The molecule has 0 unspecified atom stereocenters. The summed E-state index contributed by atoms with van der Waals surface area (Å²) in [4.78, 5) is 29.1. The van der Waals surface area contributed by atoms with Crippen LogP contribution >= 0.6 is 0 Å². The van der Waals surface area contributed by atoms with Gasteiger partial charge in [-0.15, -0.1) is 0 Å². The molecule has 0 aromatic heterocycles. The van der Waals surface area contributed by atoms with Gasteiger partial charge >= 0.3 is 0 Å². The normalized spacial score (nSPS) is 11.0. The summed E-state index contributed by atoms with van der Waals surface area (Å²) in [7, 11) is 2.95. The Hall–Kier alpha value is -2.92. The van der Waals surface area contributed by atoms with Crippen LogP contribution in [0.25, 0.3) is 6.08 Å². The third kappa shape index (κ3) is 5.53. The summed E-state index contributed by atoms with van der Waals surface area (Å²) in [5.41, 5.74) is 4.47. The van der Waals surface area contributed by atoms with Crippen molar-refractivity contribution < 1.29 is 14.4 Å². The summed E-state index contributed by atoms with van der Waals surface area (Å²) in [6, 6.07) is 13.0. The largest absolute Gasteiger partial charge is 0.322 e. The summed E-state index contributed by atoms with van der Waals surface area (Å²) in [5.74, 6) is -0.0339. The number of carbonyl (C=O) groups excluding carboxylic acids is 2. The van der Waals surface area contributed by atoms with Gasteiger partial charge in [0.15, 0.2) is 0 Å². The smallest absolute Gasteiger partial charge is 0.269 e. The van der Waals surface area contributed by atoms with Crippen molar-refractivity contribution in [3.8, 4) is 0 Å². The molecule has 142 valence electrons. The van der Waals surface area contributed by atoms with E-state index in [-0.39, 0.29) is 11.8 Å². The molecule has 2 aromatic rings. The topological polar surface area (TPSA) is 58.6 Å². The Morgan fingerprint density at radius 3 is 2.52 bits per heavy atom. The van der Waals surface area contributed by atoms with Crippen molar-refractivity contribution in [3.63, 3.8) is 0 Å². The van der Waals surface area contributed by atoms with Crippen molar-refractivity contribution in [1.29, 1.82) is 0 Å². The molecule has 2 amide bonds. The van der Waals surface area contributed by atoms with Gasteiger partial charge in [-0.25, -0.2) is 5.06 Å². The lowest BCUT2D eigenvalue weighted by molar-refractivity contribution is -0.162. The molecule has 0 aliphatic carbocycles. The van der Waals surface area contributed by atoms with Crippen LogP contribution < -0.4 is 5.32 Å².